The van der Waals surface area contributed by atoms with Crippen LogP contribution < -0.4 is 5.32 Å². The monoisotopic (exact) mass is 284 g/mol. The summed E-state index contributed by atoms with van der Waals surface area (Å²) in [6, 6.07) is 5.35. The summed E-state index contributed by atoms with van der Waals surface area (Å²) in [5, 5.41) is 14.3. The van der Waals surface area contributed by atoms with Crippen molar-refractivity contribution in [3.63, 3.8) is 0 Å². The molecule has 0 saturated carbocycles. The maximum absolute atomic E-state index is 11.0. The number of nitro benzene ring substituents is 1. The van der Waals surface area contributed by atoms with Gasteiger partial charge in [-0.25, -0.2) is 0 Å². The second-order valence-electron chi connectivity index (χ2n) is 3.98. The maximum atomic E-state index is 11.0. The molecule has 1 fully saturated rings. The van der Waals surface area contributed by atoms with Gasteiger partial charge in [0.15, 0.2) is 0 Å². The molecule has 0 aliphatic carbocycles. The van der Waals surface area contributed by atoms with Crippen molar-refractivity contribution in [2.75, 3.05) is 13.1 Å². The molecule has 0 unspecified atom stereocenters. The highest BCUT2D eigenvalue weighted by Gasteiger charge is 2.23. The standard InChI is InChI=1S/C11H13BrN2O2/c12-9-1-2-10(11(7-9)14(15)16)8-3-5-13-6-4-8/h1-2,7-8,13H,3-6H2. The van der Waals surface area contributed by atoms with Crippen LogP contribution >= 0.6 is 15.9 Å². The number of nitro groups is 1. The third-order valence-corrected chi connectivity index (χ3v) is 3.46. The van der Waals surface area contributed by atoms with Crippen molar-refractivity contribution < 1.29 is 4.92 Å². The van der Waals surface area contributed by atoms with Crippen molar-refractivity contribution >= 4 is 21.6 Å². The van der Waals surface area contributed by atoms with Crippen LogP contribution in [0.2, 0.25) is 0 Å². The Kier molecular flexibility index (Phi) is 3.56. The molecule has 2 rings (SSSR count). The number of rotatable bonds is 2. The minimum Gasteiger partial charge on any atom is -0.317 e. The second kappa shape index (κ2) is 4.93. The molecule has 0 radical (unpaired) electrons. The highest BCUT2D eigenvalue weighted by atomic mass is 79.9. The van der Waals surface area contributed by atoms with E-state index >= 15 is 0 Å². The molecule has 0 spiro atoms. The van der Waals surface area contributed by atoms with Crippen molar-refractivity contribution in [1.29, 1.82) is 0 Å². The summed E-state index contributed by atoms with van der Waals surface area (Å²) in [6.07, 6.45) is 1.95. The summed E-state index contributed by atoms with van der Waals surface area (Å²) >= 11 is 3.27. The molecule has 86 valence electrons. The van der Waals surface area contributed by atoms with E-state index in [9.17, 15) is 10.1 Å². The normalized spacial score (nSPS) is 17.3. The first-order valence-electron chi connectivity index (χ1n) is 5.33. The van der Waals surface area contributed by atoms with Gasteiger partial charge in [0.1, 0.15) is 0 Å². The lowest BCUT2D eigenvalue weighted by molar-refractivity contribution is -0.385. The minimum atomic E-state index is -0.290. The van der Waals surface area contributed by atoms with Crippen LogP contribution in [-0.4, -0.2) is 18.0 Å². The van der Waals surface area contributed by atoms with Crippen LogP contribution in [0.15, 0.2) is 22.7 Å². The van der Waals surface area contributed by atoms with Gasteiger partial charge in [-0.3, -0.25) is 10.1 Å². The smallest absolute Gasteiger partial charge is 0.273 e. The topological polar surface area (TPSA) is 55.2 Å². The van der Waals surface area contributed by atoms with Crippen molar-refractivity contribution in [2.45, 2.75) is 18.8 Å². The Hall–Kier alpha value is -0.940. The summed E-state index contributed by atoms with van der Waals surface area (Å²) in [4.78, 5) is 10.7. The van der Waals surface area contributed by atoms with Gasteiger partial charge in [0.05, 0.1) is 4.92 Å². The van der Waals surface area contributed by atoms with E-state index in [1.54, 1.807) is 6.07 Å². The largest absolute Gasteiger partial charge is 0.317 e. The summed E-state index contributed by atoms with van der Waals surface area (Å²) < 4.78 is 0.761. The summed E-state index contributed by atoms with van der Waals surface area (Å²) in [5.74, 6) is 0.315. The average Bonchev–Trinajstić information content (AvgIpc) is 2.30. The molecular weight excluding hydrogens is 272 g/mol. The molecule has 1 aliphatic heterocycles. The zero-order chi connectivity index (χ0) is 11.5. The Balaban J connectivity index is 2.34. The van der Waals surface area contributed by atoms with Gasteiger partial charge < -0.3 is 5.32 Å². The van der Waals surface area contributed by atoms with Crippen LogP contribution in [0.4, 0.5) is 5.69 Å². The van der Waals surface area contributed by atoms with Crippen molar-refractivity contribution in [3.05, 3.63) is 38.3 Å². The number of halogens is 1. The third-order valence-electron chi connectivity index (χ3n) is 2.97. The number of nitrogens with one attached hydrogen (secondary N) is 1. The number of hydrogen-bond acceptors (Lipinski definition) is 3. The summed E-state index contributed by atoms with van der Waals surface area (Å²) in [7, 11) is 0. The quantitative estimate of drug-likeness (QED) is 0.671. The van der Waals surface area contributed by atoms with E-state index in [0.717, 1.165) is 36.0 Å². The third kappa shape index (κ3) is 2.41. The van der Waals surface area contributed by atoms with Gasteiger partial charge in [0, 0.05) is 16.1 Å². The van der Waals surface area contributed by atoms with Crippen molar-refractivity contribution in [3.8, 4) is 0 Å². The predicted molar refractivity (Wildman–Crippen MR) is 65.6 cm³/mol. The van der Waals surface area contributed by atoms with E-state index < -0.39 is 0 Å². The van der Waals surface area contributed by atoms with E-state index in [-0.39, 0.29) is 10.6 Å². The zero-order valence-electron chi connectivity index (χ0n) is 8.78. The molecule has 1 N–H and O–H groups in total. The van der Waals surface area contributed by atoms with E-state index in [1.807, 2.05) is 12.1 Å². The van der Waals surface area contributed by atoms with Gasteiger partial charge in [-0.15, -0.1) is 0 Å². The van der Waals surface area contributed by atoms with Crippen LogP contribution in [0.5, 0.6) is 0 Å². The summed E-state index contributed by atoms with van der Waals surface area (Å²) in [6.45, 7) is 1.88. The maximum Gasteiger partial charge on any atom is 0.273 e. The highest BCUT2D eigenvalue weighted by molar-refractivity contribution is 9.10. The van der Waals surface area contributed by atoms with Crippen LogP contribution in [0.1, 0.15) is 24.3 Å². The van der Waals surface area contributed by atoms with E-state index in [2.05, 4.69) is 21.2 Å². The van der Waals surface area contributed by atoms with E-state index in [0.29, 0.717) is 5.92 Å². The predicted octanol–water partition coefficient (Wildman–Crippen LogP) is 2.82. The van der Waals surface area contributed by atoms with Gasteiger partial charge in [-0.2, -0.15) is 0 Å². The lowest BCUT2D eigenvalue weighted by atomic mass is 9.89. The Morgan fingerprint density at radius 3 is 2.69 bits per heavy atom. The summed E-state index contributed by atoms with van der Waals surface area (Å²) in [5.41, 5.74) is 1.11. The molecule has 0 bridgehead atoms. The van der Waals surface area contributed by atoms with Crippen molar-refractivity contribution in [2.24, 2.45) is 0 Å². The average molecular weight is 285 g/mol. The van der Waals surface area contributed by atoms with Gasteiger partial charge >= 0.3 is 0 Å². The van der Waals surface area contributed by atoms with Crippen molar-refractivity contribution in [1.82, 2.24) is 5.32 Å². The number of hydrogen-bond donors (Lipinski definition) is 1. The van der Waals surface area contributed by atoms with E-state index in [1.165, 1.54) is 0 Å². The Labute approximate surface area is 102 Å². The van der Waals surface area contributed by atoms with Crippen LogP contribution in [0.25, 0.3) is 0 Å². The fraction of sp³-hybridized carbons (Fsp3) is 0.455. The first-order valence-corrected chi connectivity index (χ1v) is 6.12. The van der Waals surface area contributed by atoms with Gasteiger partial charge in [0.25, 0.3) is 5.69 Å². The number of piperidine rings is 1. The van der Waals surface area contributed by atoms with Crippen LogP contribution in [0.3, 0.4) is 0 Å². The van der Waals surface area contributed by atoms with Gasteiger partial charge in [-0.05, 0) is 37.9 Å². The SMILES string of the molecule is O=[N+]([O-])c1cc(Br)ccc1C1CCNCC1. The Morgan fingerprint density at radius 2 is 2.06 bits per heavy atom. The fourth-order valence-corrected chi connectivity index (χ4v) is 2.50. The second-order valence-corrected chi connectivity index (χ2v) is 4.90. The lowest BCUT2D eigenvalue weighted by Gasteiger charge is -2.22. The highest BCUT2D eigenvalue weighted by Crippen LogP contribution is 2.34. The molecule has 1 aromatic rings. The van der Waals surface area contributed by atoms with E-state index in [4.69, 9.17) is 0 Å². The molecule has 16 heavy (non-hydrogen) atoms. The molecule has 5 heteroatoms. The molecule has 0 amide bonds. The first-order chi connectivity index (χ1) is 7.68. The van der Waals surface area contributed by atoms with Gasteiger partial charge in [-0.1, -0.05) is 22.0 Å². The molecule has 0 atom stereocenters. The molecule has 0 aromatic heterocycles. The van der Waals surface area contributed by atoms with Crippen LogP contribution in [0, 0.1) is 10.1 Å². The first kappa shape index (κ1) is 11.5. The number of benzene rings is 1. The molecule has 1 heterocycles. The molecule has 1 saturated heterocycles. The van der Waals surface area contributed by atoms with Crippen LogP contribution in [-0.2, 0) is 0 Å². The zero-order valence-corrected chi connectivity index (χ0v) is 10.4. The lowest BCUT2D eigenvalue weighted by Crippen LogP contribution is -2.26. The Morgan fingerprint density at radius 1 is 1.38 bits per heavy atom. The Bertz CT molecular complexity index is 403. The molecule has 4 nitrogen and oxygen atoms in total. The molecule has 1 aliphatic rings. The fourth-order valence-electron chi connectivity index (χ4n) is 2.15. The minimum absolute atomic E-state index is 0.237. The van der Waals surface area contributed by atoms with Gasteiger partial charge in [0.2, 0.25) is 0 Å². The molecule has 1 aromatic carbocycles. The molecular formula is C11H13BrN2O2. The number of nitrogens with zero attached hydrogens (tertiary/aromatic N) is 1.